The molecule has 0 aromatic carbocycles. The van der Waals surface area contributed by atoms with E-state index < -0.39 is 25.4 Å². The highest BCUT2D eigenvalue weighted by Gasteiger charge is 1.93. The van der Waals surface area contributed by atoms with Crippen molar-refractivity contribution in [2.45, 2.75) is 12.2 Å². The lowest BCUT2D eigenvalue weighted by Gasteiger charge is -1.89. The molecule has 0 spiro atoms. The van der Waals surface area contributed by atoms with Gasteiger partial charge in [0.1, 0.15) is 12.2 Å². The minimum atomic E-state index is -1.19. The molecule has 72 valence electrons. The molecule has 6 heteroatoms. The zero-order chi connectivity index (χ0) is 9.98. The van der Waals surface area contributed by atoms with Crippen LogP contribution < -0.4 is 0 Å². The van der Waals surface area contributed by atoms with Gasteiger partial charge in [0.25, 0.3) is 0 Å². The third-order valence-electron chi connectivity index (χ3n) is 0.688. The van der Waals surface area contributed by atoms with E-state index in [-0.39, 0.29) is 12.6 Å². The second-order valence-electron chi connectivity index (χ2n) is 1.77. The third kappa shape index (κ3) is 11.9. The number of hydrogen-bond acceptors (Lipinski definition) is 6. The van der Waals surface area contributed by atoms with Crippen LogP contribution in [0.5, 0.6) is 0 Å². The van der Waals surface area contributed by atoms with Crippen LogP contribution in [0.15, 0.2) is 0 Å². The van der Waals surface area contributed by atoms with Gasteiger partial charge in [-0.3, -0.25) is 0 Å². The Morgan fingerprint density at radius 2 is 1.17 bits per heavy atom. The highest BCUT2D eigenvalue weighted by atomic mass is 16.3. The van der Waals surface area contributed by atoms with E-state index in [0.717, 1.165) is 0 Å². The quantitative estimate of drug-likeness (QED) is 0.344. The van der Waals surface area contributed by atoms with Crippen LogP contribution in [0.2, 0.25) is 0 Å². The van der Waals surface area contributed by atoms with Crippen LogP contribution in [-0.2, 0) is 9.59 Å². The van der Waals surface area contributed by atoms with E-state index in [1.54, 1.807) is 0 Å². The van der Waals surface area contributed by atoms with Crippen molar-refractivity contribution >= 4 is 12.6 Å². The molecule has 0 aromatic rings. The highest BCUT2D eigenvalue weighted by molar-refractivity contribution is 5.55. The molecule has 0 amide bonds. The van der Waals surface area contributed by atoms with Crippen molar-refractivity contribution in [2.24, 2.45) is 0 Å². The second-order valence-corrected chi connectivity index (χ2v) is 1.77. The van der Waals surface area contributed by atoms with Gasteiger partial charge in [-0.1, -0.05) is 0 Å². The number of hydrogen-bond donors (Lipinski definition) is 4. The minimum absolute atomic E-state index is 0.278. The Labute approximate surface area is 69.1 Å². The standard InChI is InChI=1S/2C3H6O3/c2*4-1-3(6)2-5/h2*1,3,5-6H,2H2/t3-;/m1./s1. The summed E-state index contributed by atoms with van der Waals surface area (Å²) in [5.74, 6) is 0. The zero-order valence-corrected chi connectivity index (χ0v) is 6.33. The molecule has 0 aliphatic rings. The van der Waals surface area contributed by atoms with Crippen molar-refractivity contribution < 1.29 is 30.0 Å². The fourth-order valence-electron chi connectivity index (χ4n) is 0.0861. The van der Waals surface area contributed by atoms with Gasteiger partial charge in [-0.05, 0) is 0 Å². The summed E-state index contributed by atoms with van der Waals surface area (Å²) in [4.78, 5) is 18.7. The van der Waals surface area contributed by atoms with Gasteiger partial charge in [0, 0.05) is 0 Å². The lowest BCUT2D eigenvalue weighted by atomic mass is 10.4. The summed E-state index contributed by atoms with van der Waals surface area (Å²) in [7, 11) is 0. The van der Waals surface area contributed by atoms with Crippen molar-refractivity contribution in [3.8, 4) is 0 Å². The molecule has 0 saturated carbocycles. The van der Waals surface area contributed by atoms with Crippen molar-refractivity contribution in [3.63, 3.8) is 0 Å². The van der Waals surface area contributed by atoms with Gasteiger partial charge in [0.2, 0.25) is 0 Å². The Morgan fingerprint density at radius 1 is 0.917 bits per heavy atom. The van der Waals surface area contributed by atoms with Crippen LogP contribution in [-0.4, -0.2) is 58.4 Å². The van der Waals surface area contributed by atoms with E-state index >= 15 is 0 Å². The van der Waals surface area contributed by atoms with Gasteiger partial charge in [-0.2, -0.15) is 0 Å². The fourth-order valence-corrected chi connectivity index (χ4v) is 0.0861. The van der Waals surface area contributed by atoms with Gasteiger partial charge >= 0.3 is 0 Å². The molecule has 4 N–H and O–H groups in total. The summed E-state index contributed by atoms with van der Waals surface area (Å²) < 4.78 is 0. The molecule has 12 heavy (non-hydrogen) atoms. The van der Waals surface area contributed by atoms with Crippen molar-refractivity contribution in [1.29, 1.82) is 0 Å². The molecule has 0 bridgehead atoms. The molecule has 0 fully saturated rings. The van der Waals surface area contributed by atoms with E-state index in [4.69, 9.17) is 20.4 Å². The van der Waals surface area contributed by atoms with Crippen LogP contribution in [0.1, 0.15) is 0 Å². The maximum atomic E-state index is 9.33. The molecule has 2 atom stereocenters. The van der Waals surface area contributed by atoms with Crippen LogP contribution in [0.3, 0.4) is 0 Å². The molecule has 0 radical (unpaired) electrons. The van der Waals surface area contributed by atoms with Crippen LogP contribution >= 0.6 is 0 Å². The van der Waals surface area contributed by atoms with Crippen LogP contribution in [0, 0.1) is 0 Å². The molecule has 0 aliphatic carbocycles. The smallest absolute Gasteiger partial charge is 0.150 e. The molecule has 0 rings (SSSR count). The van der Waals surface area contributed by atoms with E-state index in [9.17, 15) is 9.59 Å². The Kier molecular flexibility index (Phi) is 11.7. The second kappa shape index (κ2) is 10.2. The normalized spacial score (nSPS) is 13.7. The molecule has 0 aromatic heterocycles. The number of rotatable bonds is 4. The largest absolute Gasteiger partial charge is 0.393 e. The first kappa shape index (κ1) is 13.7. The molecule has 0 heterocycles. The Bertz CT molecular complexity index is 101. The molecule has 1 unspecified atom stereocenters. The highest BCUT2D eigenvalue weighted by Crippen LogP contribution is 1.66. The van der Waals surface area contributed by atoms with Gasteiger partial charge < -0.3 is 30.0 Å². The summed E-state index contributed by atoms with van der Waals surface area (Å²) in [6, 6.07) is 0. The summed E-state index contributed by atoms with van der Waals surface area (Å²) >= 11 is 0. The predicted octanol–water partition coefficient (Wildman–Crippen LogP) is -2.92. The molecular formula is C6H12O6. The number of carbonyl (C=O) groups is 2. The van der Waals surface area contributed by atoms with E-state index in [2.05, 4.69) is 0 Å². The summed E-state index contributed by atoms with van der Waals surface area (Å²) in [5, 5.41) is 31.8. The molecule has 6 nitrogen and oxygen atoms in total. The van der Waals surface area contributed by atoms with Gasteiger partial charge in [-0.25, -0.2) is 0 Å². The number of carbonyl (C=O) groups excluding carboxylic acids is 2. The lowest BCUT2D eigenvalue weighted by molar-refractivity contribution is -0.117. The molecular weight excluding hydrogens is 168 g/mol. The number of aliphatic hydroxyl groups is 4. The summed E-state index contributed by atoms with van der Waals surface area (Å²) in [6.07, 6.45) is -1.82. The lowest BCUT2D eigenvalue weighted by Crippen LogP contribution is -2.12. The zero-order valence-electron chi connectivity index (χ0n) is 6.33. The average Bonchev–Trinajstić information content (AvgIpc) is 2.16. The van der Waals surface area contributed by atoms with Gasteiger partial charge in [-0.15, -0.1) is 0 Å². The SMILES string of the molecule is O=CC(O)CO.O=C[C@@H](O)CO. The molecule has 0 aliphatic heterocycles. The van der Waals surface area contributed by atoms with Crippen molar-refractivity contribution in [2.75, 3.05) is 13.2 Å². The van der Waals surface area contributed by atoms with E-state index in [0.29, 0.717) is 0 Å². The van der Waals surface area contributed by atoms with Gasteiger partial charge in [0.05, 0.1) is 13.2 Å². The van der Waals surface area contributed by atoms with Crippen molar-refractivity contribution in [1.82, 2.24) is 0 Å². The third-order valence-corrected chi connectivity index (χ3v) is 0.688. The van der Waals surface area contributed by atoms with Gasteiger partial charge in [0.15, 0.2) is 12.6 Å². The van der Waals surface area contributed by atoms with Crippen molar-refractivity contribution in [3.05, 3.63) is 0 Å². The Balaban J connectivity index is 0. The minimum Gasteiger partial charge on any atom is -0.393 e. The number of aldehydes is 2. The van der Waals surface area contributed by atoms with Crippen LogP contribution in [0.4, 0.5) is 0 Å². The Hall–Kier alpha value is -0.820. The Morgan fingerprint density at radius 3 is 1.17 bits per heavy atom. The summed E-state index contributed by atoms with van der Waals surface area (Å²) in [6.45, 7) is -0.965. The predicted molar refractivity (Wildman–Crippen MR) is 38.3 cm³/mol. The first-order valence-electron chi connectivity index (χ1n) is 3.10. The van der Waals surface area contributed by atoms with Crippen LogP contribution in [0.25, 0.3) is 0 Å². The maximum Gasteiger partial charge on any atom is 0.150 e. The average molecular weight is 180 g/mol. The summed E-state index contributed by atoms with van der Waals surface area (Å²) in [5.41, 5.74) is 0. The first-order valence-corrected chi connectivity index (χ1v) is 3.10. The van der Waals surface area contributed by atoms with E-state index in [1.807, 2.05) is 0 Å². The number of aliphatic hydroxyl groups excluding tert-OH is 4. The maximum absolute atomic E-state index is 9.33. The topological polar surface area (TPSA) is 115 Å². The molecule has 0 saturated heterocycles. The monoisotopic (exact) mass is 180 g/mol. The first-order chi connectivity index (χ1) is 5.62. The van der Waals surface area contributed by atoms with E-state index in [1.165, 1.54) is 0 Å². The fraction of sp³-hybridized carbons (Fsp3) is 0.667.